The minimum atomic E-state index is -3.45. The van der Waals surface area contributed by atoms with Crippen molar-refractivity contribution in [3.05, 3.63) is 35.9 Å². The van der Waals surface area contributed by atoms with Gasteiger partial charge in [0, 0.05) is 38.6 Å². The van der Waals surface area contributed by atoms with Gasteiger partial charge < -0.3 is 4.90 Å². The zero-order chi connectivity index (χ0) is 17.0. The molecule has 24 heavy (non-hydrogen) atoms. The molecule has 2 aliphatic heterocycles. The van der Waals surface area contributed by atoms with Gasteiger partial charge in [0.2, 0.25) is 5.91 Å². The molecule has 2 fully saturated rings. The van der Waals surface area contributed by atoms with E-state index in [1.54, 1.807) is 4.90 Å². The Morgan fingerprint density at radius 2 is 1.83 bits per heavy atom. The molecule has 2 aliphatic rings. The number of benzene rings is 1. The van der Waals surface area contributed by atoms with Crippen LogP contribution in [0.25, 0.3) is 0 Å². The van der Waals surface area contributed by atoms with E-state index in [1.165, 1.54) is 9.87 Å². The molecular formula is C17H25N3O3S. The second kappa shape index (κ2) is 7.63. The Balaban J connectivity index is 1.47. The van der Waals surface area contributed by atoms with E-state index in [0.29, 0.717) is 26.2 Å². The lowest BCUT2D eigenvalue weighted by Crippen LogP contribution is -2.45. The summed E-state index contributed by atoms with van der Waals surface area (Å²) in [6.45, 7) is 2.31. The maximum Gasteiger partial charge on any atom is 0.279 e. The van der Waals surface area contributed by atoms with Crippen molar-refractivity contribution in [3.8, 4) is 0 Å². The highest BCUT2D eigenvalue weighted by Crippen LogP contribution is 2.17. The summed E-state index contributed by atoms with van der Waals surface area (Å²) in [5.74, 6) is 0.0391. The Labute approximate surface area is 144 Å². The predicted molar refractivity (Wildman–Crippen MR) is 92.6 cm³/mol. The van der Waals surface area contributed by atoms with Gasteiger partial charge in [-0.2, -0.15) is 17.4 Å². The van der Waals surface area contributed by atoms with Gasteiger partial charge in [0.15, 0.2) is 0 Å². The van der Waals surface area contributed by atoms with Gasteiger partial charge in [-0.1, -0.05) is 30.3 Å². The van der Waals surface area contributed by atoms with Gasteiger partial charge >= 0.3 is 0 Å². The zero-order valence-electron chi connectivity index (χ0n) is 13.9. The zero-order valence-corrected chi connectivity index (χ0v) is 14.7. The van der Waals surface area contributed by atoms with Crippen molar-refractivity contribution in [1.82, 2.24) is 13.9 Å². The fourth-order valence-electron chi connectivity index (χ4n) is 3.40. The number of nitrogens with zero attached hydrogens (tertiary/aromatic N) is 2. The molecule has 132 valence electrons. The van der Waals surface area contributed by atoms with Crippen LogP contribution in [0.4, 0.5) is 0 Å². The Morgan fingerprint density at radius 1 is 1.12 bits per heavy atom. The number of carbonyl (C=O) groups excluding carboxylic acids is 1. The lowest BCUT2D eigenvalue weighted by molar-refractivity contribution is -0.127. The summed E-state index contributed by atoms with van der Waals surface area (Å²) >= 11 is 0. The van der Waals surface area contributed by atoms with Crippen molar-refractivity contribution in [1.29, 1.82) is 0 Å². The third-order valence-corrected chi connectivity index (χ3v) is 6.35. The molecule has 0 saturated carbocycles. The van der Waals surface area contributed by atoms with Gasteiger partial charge in [-0.25, -0.2) is 0 Å². The van der Waals surface area contributed by atoms with Crippen LogP contribution in [0.3, 0.4) is 0 Å². The van der Waals surface area contributed by atoms with E-state index in [1.807, 2.05) is 18.2 Å². The summed E-state index contributed by atoms with van der Waals surface area (Å²) in [4.78, 5) is 13.9. The van der Waals surface area contributed by atoms with Crippen molar-refractivity contribution >= 4 is 16.1 Å². The van der Waals surface area contributed by atoms with Crippen LogP contribution in [0, 0.1) is 0 Å². The number of carbonyl (C=O) groups is 1. The number of aryl methyl sites for hydroxylation is 1. The topological polar surface area (TPSA) is 69.7 Å². The Morgan fingerprint density at radius 3 is 2.54 bits per heavy atom. The van der Waals surface area contributed by atoms with Crippen molar-refractivity contribution in [3.63, 3.8) is 0 Å². The minimum Gasteiger partial charge on any atom is -0.341 e. The van der Waals surface area contributed by atoms with Crippen LogP contribution >= 0.6 is 0 Å². The molecule has 1 N–H and O–H groups in total. The largest absolute Gasteiger partial charge is 0.341 e. The first-order valence-corrected chi connectivity index (χ1v) is 10.1. The first kappa shape index (κ1) is 17.4. The molecule has 0 spiro atoms. The van der Waals surface area contributed by atoms with Gasteiger partial charge in [0.05, 0.1) is 0 Å². The van der Waals surface area contributed by atoms with Crippen LogP contribution in [0.15, 0.2) is 30.3 Å². The summed E-state index contributed by atoms with van der Waals surface area (Å²) in [5.41, 5.74) is 1.26. The lowest BCUT2D eigenvalue weighted by Gasteiger charge is -2.20. The molecule has 3 rings (SSSR count). The molecule has 1 amide bonds. The number of hydrogen-bond acceptors (Lipinski definition) is 3. The first-order valence-electron chi connectivity index (χ1n) is 8.64. The number of hydrogen-bond donors (Lipinski definition) is 1. The second-order valence-electron chi connectivity index (χ2n) is 6.56. The van der Waals surface area contributed by atoms with E-state index in [-0.39, 0.29) is 18.4 Å². The number of nitrogens with one attached hydrogen (secondary N) is 1. The van der Waals surface area contributed by atoms with Crippen LogP contribution in [-0.2, 0) is 21.4 Å². The van der Waals surface area contributed by atoms with Crippen molar-refractivity contribution < 1.29 is 13.2 Å². The summed E-state index contributed by atoms with van der Waals surface area (Å²) in [5, 5.41) is 0. The number of rotatable bonds is 7. The normalized spacial score (nSPS) is 22.4. The molecule has 0 radical (unpaired) electrons. The standard InChI is InChI=1S/C17H25N3O3S/c21-17-13-16(18-24(22,23)20-11-4-5-12-20)14-19(17)10-6-9-15-7-2-1-3-8-15/h1-3,7-8,16,18H,4-6,9-14H2/t16-/m1/s1. The van der Waals surface area contributed by atoms with Crippen molar-refractivity contribution in [2.24, 2.45) is 0 Å². The monoisotopic (exact) mass is 351 g/mol. The van der Waals surface area contributed by atoms with Crippen molar-refractivity contribution in [2.45, 2.75) is 38.1 Å². The van der Waals surface area contributed by atoms with Crippen LogP contribution in [0.5, 0.6) is 0 Å². The van der Waals surface area contributed by atoms with E-state index in [2.05, 4.69) is 16.9 Å². The smallest absolute Gasteiger partial charge is 0.279 e. The SMILES string of the molecule is O=C1C[C@@H](NS(=O)(=O)N2CCCC2)CN1CCCc1ccccc1. The highest BCUT2D eigenvalue weighted by molar-refractivity contribution is 7.87. The fourth-order valence-corrected chi connectivity index (χ4v) is 4.87. The molecule has 1 aromatic carbocycles. The van der Waals surface area contributed by atoms with Crippen LogP contribution in [0.2, 0.25) is 0 Å². The maximum atomic E-state index is 12.3. The first-order chi connectivity index (χ1) is 11.5. The molecule has 0 bridgehead atoms. The fraction of sp³-hybridized carbons (Fsp3) is 0.588. The van der Waals surface area contributed by atoms with Crippen molar-refractivity contribution in [2.75, 3.05) is 26.2 Å². The van der Waals surface area contributed by atoms with Crippen LogP contribution < -0.4 is 4.72 Å². The van der Waals surface area contributed by atoms with E-state index < -0.39 is 10.2 Å². The average Bonchev–Trinajstić information content (AvgIpc) is 3.19. The second-order valence-corrected chi connectivity index (χ2v) is 8.26. The van der Waals surface area contributed by atoms with Gasteiger partial charge in [0.1, 0.15) is 0 Å². The third kappa shape index (κ3) is 4.34. The Bertz CT molecular complexity index is 657. The lowest BCUT2D eigenvalue weighted by atomic mass is 10.1. The quantitative estimate of drug-likeness (QED) is 0.801. The van der Waals surface area contributed by atoms with E-state index in [0.717, 1.165) is 25.7 Å². The third-order valence-electron chi connectivity index (χ3n) is 4.67. The van der Waals surface area contributed by atoms with E-state index in [4.69, 9.17) is 0 Å². The summed E-state index contributed by atoms with van der Waals surface area (Å²) in [6.07, 6.45) is 3.90. The number of amides is 1. The molecule has 0 unspecified atom stereocenters. The van der Waals surface area contributed by atoms with Crippen LogP contribution in [-0.4, -0.2) is 55.8 Å². The highest BCUT2D eigenvalue weighted by atomic mass is 32.2. The molecule has 7 heteroatoms. The van der Waals surface area contributed by atoms with Gasteiger partial charge in [0.25, 0.3) is 10.2 Å². The molecule has 2 heterocycles. The molecule has 0 aliphatic carbocycles. The predicted octanol–water partition coefficient (Wildman–Crippen LogP) is 1.15. The molecular weight excluding hydrogens is 326 g/mol. The molecule has 1 aromatic rings. The molecule has 6 nitrogen and oxygen atoms in total. The van der Waals surface area contributed by atoms with Gasteiger partial charge in [-0.15, -0.1) is 0 Å². The number of likely N-dealkylation sites (tertiary alicyclic amines) is 1. The summed E-state index contributed by atoms with van der Waals surface area (Å²) < 4.78 is 28.8. The summed E-state index contributed by atoms with van der Waals surface area (Å²) in [6, 6.07) is 9.88. The Hall–Kier alpha value is -1.44. The minimum absolute atomic E-state index is 0.0391. The molecule has 1 atom stereocenters. The van der Waals surface area contributed by atoms with Gasteiger partial charge in [-0.3, -0.25) is 4.79 Å². The summed E-state index contributed by atoms with van der Waals surface area (Å²) in [7, 11) is -3.45. The van der Waals surface area contributed by atoms with Gasteiger partial charge in [-0.05, 0) is 31.2 Å². The maximum absolute atomic E-state index is 12.3. The average molecular weight is 351 g/mol. The van der Waals surface area contributed by atoms with E-state index >= 15 is 0 Å². The highest BCUT2D eigenvalue weighted by Gasteiger charge is 2.34. The Kier molecular flexibility index (Phi) is 5.53. The van der Waals surface area contributed by atoms with Crippen LogP contribution in [0.1, 0.15) is 31.2 Å². The van der Waals surface area contributed by atoms with E-state index in [9.17, 15) is 13.2 Å². The molecule has 0 aromatic heterocycles. The molecule has 2 saturated heterocycles.